The van der Waals surface area contributed by atoms with E-state index in [1.165, 1.54) is 16.2 Å². The largest absolute Gasteiger partial charge is 0.507 e. The van der Waals surface area contributed by atoms with Gasteiger partial charge in [0, 0.05) is 5.56 Å². The molecule has 0 bridgehead atoms. The molecule has 1 aromatic heterocycles. The number of aromatic nitrogens is 1. The molecular formula is C33H34N2O5S. The predicted octanol–water partition coefficient (Wildman–Crippen LogP) is 7.41. The van der Waals surface area contributed by atoms with Crippen LogP contribution in [0, 0.1) is 0 Å². The van der Waals surface area contributed by atoms with E-state index in [1.807, 2.05) is 56.3 Å². The number of fused-ring (bicyclic) bond motifs is 1. The number of carbonyl (C=O) groups excluding carboxylic acids is 2. The van der Waals surface area contributed by atoms with Crippen LogP contribution in [0.2, 0.25) is 0 Å². The van der Waals surface area contributed by atoms with E-state index in [-0.39, 0.29) is 16.7 Å². The second-order valence-electron chi connectivity index (χ2n) is 11.0. The monoisotopic (exact) mass is 570 g/mol. The minimum absolute atomic E-state index is 0.0143. The maximum atomic E-state index is 13.7. The van der Waals surface area contributed by atoms with E-state index < -0.39 is 17.7 Å². The molecule has 5 rings (SSSR count). The molecule has 1 unspecified atom stereocenters. The summed E-state index contributed by atoms with van der Waals surface area (Å²) < 4.78 is 12.2. The van der Waals surface area contributed by atoms with Gasteiger partial charge in [0.1, 0.15) is 17.3 Å². The first-order valence-corrected chi connectivity index (χ1v) is 14.6. The van der Waals surface area contributed by atoms with Gasteiger partial charge >= 0.3 is 5.91 Å². The zero-order valence-corrected chi connectivity index (χ0v) is 24.7. The van der Waals surface area contributed by atoms with E-state index in [1.54, 1.807) is 24.3 Å². The van der Waals surface area contributed by atoms with Crippen molar-refractivity contribution in [2.45, 2.75) is 52.5 Å². The Labute approximate surface area is 244 Å². The maximum absolute atomic E-state index is 13.7. The Hall–Kier alpha value is -4.17. The van der Waals surface area contributed by atoms with E-state index in [4.69, 9.17) is 14.5 Å². The van der Waals surface area contributed by atoms with Crippen LogP contribution in [-0.2, 0) is 15.0 Å². The molecule has 1 atom stereocenters. The summed E-state index contributed by atoms with van der Waals surface area (Å²) in [5.74, 6) is -0.470. The van der Waals surface area contributed by atoms with Crippen LogP contribution in [0.4, 0.5) is 5.13 Å². The first kappa shape index (κ1) is 28.4. The van der Waals surface area contributed by atoms with E-state index in [9.17, 15) is 14.7 Å². The van der Waals surface area contributed by atoms with Crippen LogP contribution in [0.15, 0.2) is 72.3 Å². The van der Waals surface area contributed by atoms with Crippen LogP contribution in [0.25, 0.3) is 16.0 Å². The van der Waals surface area contributed by atoms with Crippen LogP contribution in [-0.4, -0.2) is 35.0 Å². The highest BCUT2D eigenvalue weighted by atomic mass is 32.1. The van der Waals surface area contributed by atoms with Crippen LogP contribution in [0.3, 0.4) is 0 Å². The van der Waals surface area contributed by atoms with Gasteiger partial charge in [-0.25, -0.2) is 4.98 Å². The highest BCUT2D eigenvalue weighted by Gasteiger charge is 2.48. The predicted molar refractivity (Wildman–Crippen MR) is 163 cm³/mol. The van der Waals surface area contributed by atoms with Gasteiger partial charge in [-0.15, -0.1) is 0 Å². The van der Waals surface area contributed by atoms with Crippen molar-refractivity contribution in [3.8, 4) is 11.5 Å². The molecule has 7 nitrogen and oxygen atoms in total. The van der Waals surface area contributed by atoms with Crippen molar-refractivity contribution in [1.29, 1.82) is 0 Å². The zero-order chi connectivity index (χ0) is 29.3. The fourth-order valence-corrected chi connectivity index (χ4v) is 5.89. The lowest BCUT2D eigenvalue weighted by atomic mass is 9.85. The zero-order valence-electron chi connectivity index (χ0n) is 23.9. The molecule has 8 heteroatoms. The van der Waals surface area contributed by atoms with Crippen molar-refractivity contribution in [1.82, 2.24) is 4.98 Å². The molecule has 4 aromatic rings. The van der Waals surface area contributed by atoms with Gasteiger partial charge in [-0.05, 0) is 60.2 Å². The topological polar surface area (TPSA) is 89.0 Å². The molecule has 212 valence electrons. The van der Waals surface area contributed by atoms with Gasteiger partial charge in [0.25, 0.3) is 5.78 Å². The Kier molecular flexibility index (Phi) is 7.87. The molecule has 0 radical (unpaired) electrons. The molecule has 41 heavy (non-hydrogen) atoms. The molecule has 0 saturated carbocycles. The van der Waals surface area contributed by atoms with E-state index in [2.05, 4.69) is 20.8 Å². The molecule has 0 spiro atoms. The van der Waals surface area contributed by atoms with Crippen molar-refractivity contribution in [3.05, 3.63) is 89.0 Å². The number of rotatable bonds is 8. The Balaban J connectivity index is 1.66. The Morgan fingerprint density at radius 1 is 0.976 bits per heavy atom. The average Bonchev–Trinajstić information content (AvgIpc) is 3.49. The Bertz CT molecular complexity index is 1630. The molecule has 1 amide bonds. The van der Waals surface area contributed by atoms with Crippen LogP contribution >= 0.6 is 11.3 Å². The second-order valence-corrected chi connectivity index (χ2v) is 12.0. The maximum Gasteiger partial charge on any atom is 0.301 e. The molecule has 3 aromatic carbocycles. The molecule has 0 aliphatic carbocycles. The molecule has 1 fully saturated rings. The molecule has 1 saturated heterocycles. The summed E-state index contributed by atoms with van der Waals surface area (Å²) in [7, 11) is 0. The SMILES string of the molecule is CCCOc1cccc(C(O)=C2C(=O)C(=O)N(c3nc4ccc(OCC)cc4s3)C2c2ccc(C(C)(C)C)cc2)c1. The number of aliphatic hydroxyl groups excluding tert-OH is 1. The third-order valence-electron chi connectivity index (χ3n) is 6.98. The van der Waals surface area contributed by atoms with Gasteiger partial charge in [-0.1, -0.05) is 75.4 Å². The van der Waals surface area contributed by atoms with E-state index in [0.717, 1.165) is 16.7 Å². The summed E-state index contributed by atoms with van der Waals surface area (Å²) >= 11 is 1.30. The molecule has 1 N–H and O–H groups in total. The summed E-state index contributed by atoms with van der Waals surface area (Å²) in [4.78, 5) is 33.4. The van der Waals surface area contributed by atoms with Crippen molar-refractivity contribution in [2.24, 2.45) is 0 Å². The van der Waals surface area contributed by atoms with Crippen molar-refractivity contribution >= 4 is 44.1 Å². The standard InChI is InChI=1S/C33H34N2O5S/c1-6-17-40-23-10-8-9-21(18-23)29(36)27-28(20-11-13-22(14-12-20)33(3,4)5)35(31(38)30(27)37)32-34-25-16-15-24(39-7-2)19-26(25)41-32/h8-16,18-19,28,36H,6-7,17H2,1-5H3. The van der Waals surface area contributed by atoms with E-state index in [0.29, 0.717) is 46.5 Å². The number of thiazole rings is 1. The smallest absolute Gasteiger partial charge is 0.301 e. The van der Waals surface area contributed by atoms with Gasteiger partial charge in [-0.3, -0.25) is 14.5 Å². The third-order valence-corrected chi connectivity index (χ3v) is 8.00. The summed E-state index contributed by atoms with van der Waals surface area (Å²) in [6.07, 6.45) is 0.833. The number of hydrogen-bond donors (Lipinski definition) is 1. The van der Waals surface area contributed by atoms with Gasteiger partial charge in [0.2, 0.25) is 0 Å². The third kappa shape index (κ3) is 5.57. The Morgan fingerprint density at radius 3 is 2.39 bits per heavy atom. The highest BCUT2D eigenvalue weighted by Crippen LogP contribution is 2.45. The number of ether oxygens (including phenoxy) is 2. The van der Waals surface area contributed by atoms with Crippen LogP contribution < -0.4 is 14.4 Å². The molecule has 1 aliphatic rings. The van der Waals surface area contributed by atoms with Crippen LogP contribution in [0.1, 0.15) is 63.8 Å². The van der Waals surface area contributed by atoms with Crippen molar-refractivity contribution in [2.75, 3.05) is 18.1 Å². The van der Waals surface area contributed by atoms with Crippen molar-refractivity contribution < 1.29 is 24.2 Å². The highest BCUT2D eigenvalue weighted by molar-refractivity contribution is 7.22. The summed E-state index contributed by atoms with van der Waals surface area (Å²) in [5, 5.41) is 11.9. The fourth-order valence-electron chi connectivity index (χ4n) is 4.87. The minimum Gasteiger partial charge on any atom is -0.507 e. The summed E-state index contributed by atoms with van der Waals surface area (Å²) in [6.45, 7) is 11.4. The molecule has 2 heterocycles. The normalized spacial score (nSPS) is 16.9. The second kappa shape index (κ2) is 11.4. The lowest BCUT2D eigenvalue weighted by molar-refractivity contribution is -0.132. The summed E-state index contributed by atoms with van der Waals surface area (Å²) in [5.41, 5.74) is 2.84. The number of benzene rings is 3. The number of hydrogen-bond acceptors (Lipinski definition) is 7. The fraction of sp³-hybridized carbons (Fsp3) is 0.303. The first-order valence-electron chi connectivity index (χ1n) is 13.8. The number of Topliss-reactive ketones (excluding diaryl/α,β-unsaturated/α-hetero) is 1. The van der Waals surface area contributed by atoms with Gasteiger partial charge < -0.3 is 14.6 Å². The first-order chi connectivity index (χ1) is 19.6. The van der Waals surface area contributed by atoms with Gasteiger partial charge in [0.15, 0.2) is 5.13 Å². The van der Waals surface area contributed by atoms with Crippen molar-refractivity contribution in [3.63, 3.8) is 0 Å². The van der Waals surface area contributed by atoms with E-state index >= 15 is 0 Å². The number of nitrogens with zero attached hydrogens (tertiary/aromatic N) is 2. The van der Waals surface area contributed by atoms with Gasteiger partial charge in [-0.2, -0.15) is 0 Å². The lowest BCUT2D eigenvalue weighted by Crippen LogP contribution is -2.29. The number of amides is 1. The number of aliphatic hydroxyl groups is 1. The lowest BCUT2D eigenvalue weighted by Gasteiger charge is -2.24. The number of anilines is 1. The summed E-state index contributed by atoms with van der Waals surface area (Å²) in [6, 6.07) is 19.5. The quantitative estimate of drug-likeness (QED) is 0.135. The number of carbonyl (C=O) groups is 2. The molecular weight excluding hydrogens is 536 g/mol. The Morgan fingerprint density at radius 2 is 1.71 bits per heavy atom. The van der Waals surface area contributed by atoms with Crippen LogP contribution in [0.5, 0.6) is 11.5 Å². The number of ketones is 1. The minimum atomic E-state index is -0.865. The molecule has 1 aliphatic heterocycles. The van der Waals surface area contributed by atoms with Gasteiger partial charge in [0.05, 0.1) is 35.0 Å². The average molecular weight is 571 g/mol.